The van der Waals surface area contributed by atoms with Crippen LogP contribution in [0.3, 0.4) is 0 Å². The third-order valence-electron chi connectivity index (χ3n) is 3.64. The number of hydrogen-bond acceptors (Lipinski definition) is 5. The Kier molecular flexibility index (Phi) is 5.80. The molecule has 0 aliphatic carbocycles. The average molecular weight is 343 g/mol. The van der Waals surface area contributed by atoms with Gasteiger partial charge < -0.3 is 15.4 Å². The number of hydrogen-bond donors (Lipinski definition) is 2. The minimum Gasteiger partial charge on any atom is -0.496 e. The molecule has 1 unspecified atom stereocenters. The standard InChI is InChI=1S/C14H23BrN4O/c1-18-5-7-19(8-6-18)17-13(10-16)12-9-11(15)3-4-14(12)20-2/h3-4,9,13,17H,5-8,10,16H2,1-2H3. The first-order valence-electron chi connectivity index (χ1n) is 6.87. The van der Waals surface area contributed by atoms with Crippen LogP contribution in [0.2, 0.25) is 0 Å². The maximum atomic E-state index is 5.95. The summed E-state index contributed by atoms with van der Waals surface area (Å²) in [4.78, 5) is 2.33. The molecule has 1 saturated heterocycles. The van der Waals surface area contributed by atoms with E-state index in [9.17, 15) is 0 Å². The average Bonchev–Trinajstić information content (AvgIpc) is 2.46. The van der Waals surface area contributed by atoms with E-state index in [2.05, 4.69) is 44.4 Å². The predicted octanol–water partition coefficient (Wildman–Crippen LogP) is 1.21. The lowest BCUT2D eigenvalue weighted by molar-refractivity contribution is 0.0875. The molecule has 20 heavy (non-hydrogen) atoms. The Morgan fingerprint density at radius 2 is 2.05 bits per heavy atom. The lowest BCUT2D eigenvalue weighted by Crippen LogP contribution is -2.52. The molecule has 3 N–H and O–H groups in total. The minimum absolute atomic E-state index is 0.0610. The molecule has 1 aliphatic heterocycles. The highest BCUT2D eigenvalue weighted by Crippen LogP contribution is 2.28. The van der Waals surface area contributed by atoms with Crippen LogP contribution in [0.25, 0.3) is 0 Å². The molecule has 0 radical (unpaired) electrons. The zero-order valence-corrected chi connectivity index (χ0v) is 13.7. The van der Waals surface area contributed by atoms with E-state index in [0.29, 0.717) is 6.54 Å². The largest absolute Gasteiger partial charge is 0.496 e. The zero-order valence-electron chi connectivity index (χ0n) is 12.1. The first-order chi connectivity index (χ1) is 9.63. The minimum atomic E-state index is 0.0610. The van der Waals surface area contributed by atoms with Crippen molar-refractivity contribution in [2.75, 3.05) is 46.9 Å². The fourth-order valence-corrected chi connectivity index (χ4v) is 2.76. The molecule has 1 fully saturated rings. The number of ether oxygens (including phenoxy) is 1. The summed E-state index contributed by atoms with van der Waals surface area (Å²) < 4.78 is 6.48. The quantitative estimate of drug-likeness (QED) is 0.842. The van der Waals surface area contributed by atoms with Gasteiger partial charge in [-0.1, -0.05) is 15.9 Å². The van der Waals surface area contributed by atoms with Crippen LogP contribution in [-0.4, -0.2) is 56.8 Å². The van der Waals surface area contributed by atoms with Gasteiger partial charge in [0.05, 0.1) is 13.2 Å². The van der Waals surface area contributed by atoms with E-state index in [1.165, 1.54) is 0 Å². The van der Waals surface area contributed by atoms with Gasteiger partial charge in [0.1, 0.15) is 5.75 Å². The van der Waals surface area contributed by atoms with Crippen LogP contribution in [0.5, 0.6) is 5.75 Å². The highest BCUT2D eigenvalue weighted by atomic mass is 79.9. The first kappa shape index (κ1) is 15.7. The summed E-state index contributed by atoms with van der Waals surface area (Å²) in [5, 5.41) is 2.25. The van der Waals surface area contributed by atoms with Crippen LogP contribution in [0, 0.1) is 0 Å². The Bertz CT molecular complexity index is 435. The van der Waals surface area contributed by atoms with E-state index >= 15 is 0 Å². The smallest absolute Gasteiger partial charge is 0.123 e. The normalized spacial score (nSPS) is 19.0. The van der Waals surface area contributed by atoms with E-state index < -0.39 is 0 Å². The first-order valence-corrected chi connectivity index (χ1v) is 7.66. The number of piperazine rings is 1. The summed E-state index contributed by atoms with van der Waals surface area (Å²) in [5.74, 6) is 0.866. The molecule has 2 rings (SSSR count). The van der Waals surface area contributed by atoms with Crippen LogP contribution >= 0.6 is 15.9 Å². The lowest BCUT2D eigenvalue weighted by atomic mass is 10.1. The molecular weight excluding hydrogens is 320 g/mol. The van der Waals surface area contributed by atoms with Crippen molar-refractivity contribution in [2.45, 2.75) is 6.04 Å². The van der Waals surface area contributed by atoms with Crippen LogP contribution in [0.4, 0.5) is 0 Å². The number of methoxy groups -OCH3 is 1. The van der Waals surface area contributed by atoms with Crippen molar-refractivity contribution in [3.8, 4) is 5.75 Å². The molecule has 0 amide bonds. The second-order valence-electron chi connectivity index (χ2n) is 5.09. The number of halogens is 1. The van der Waals surface area contributed by atoms with E-state index in [4.69, 9.17) is 10.5 Å². The Labute approximate surface area is 129 Å². The van der Waals surface area contributed by atoms with Gasteiger partial charge >= 0.3 is 0 Å². The van der Waals surface area contributed by atoms with Crippen molar-refractivity contribution in [1.29, 1.82) is 0 Å². The Balaban J connectivity index is 2.09. The highest BCUT2D eigenvalue weighted by Gasteiger charge is 2.20. The van der Waals surface area contributed by atoms with Gasteiger partial charge in [-0.2, -0.15) is 0 Å². The van der Waals surface area contributed by atoms with Crippen molar-refractivity contribution in [3.05, 3.63) is 28.2 Å². The number of nitrogens with two attached hydrogens (primary N) is 1. The number of likely N-dealkylation sites (N-methyl/N-ethyl adjacent to an activating group) is 1. The third-order valence-corrected chi connectivity index (χ3v) is 4.14. The molecule has 5 nitrogen and oxygen atoms in total. The van der Waals surface area contributed by atoms with E-state index in [-0.39, 0.29) is 6.04 Å². The van der Waals surface area contributed by atoms with Crippen LogP contribution < -0.4 is 15.9 Å². The summed E-state index contributed by atoms with van der Waals surface area (Å²) in [7, 11) is 3.84. The fourth-order valence-electron chi connectivity index (χ4n) is 2.38. The molecule has 0 bridgehead atoms. The van der Waals surface area contributed by atoms with E-state index in [1.54, 1.807) is 7.11 Å². The molecule has 1 aromatic rings. The summed E-state index contributed by atoms with van der Waals surface area (Å²) >= 11 is 3.51. The van der Waals surface area contributed by atoms with Gasteiger partial charge in [-0.3, -0.25) is 0 Å². The summed E-state index contributed by atoms with van der Waals surface area (Å²) in [5.41, 5.74) is 10.6. The summed E-state index contributed by atoms with van der Waals surface area (Å²) in [6.45, 7) is 4.67. The number of rotatable bonds is 5. The topological polar surface area (TPSA) is 53.8 Å². The van der Waals surface area contributed by atoms with Crippen molar-refractivity contribution < 1.29 is 4.74 Å². The number of benzene rings is 1. The molecule has 112 valence electrons. The van der Waals surface area contributed by atoms with Crippen LogP contribution in [-0.2, 0) is 0 Å². The van der Waals surface area contributed by atoms with E-state index in [1.807, 2.05) is 12.1 Å². The van der Waals surface area contributed by atoms with Gasteiger partial charge in [-0.05, 0) is 25.2 Å². The molecule has 0 spiro atoms. The van der Waals surface area contributed by atoms with Gasteiger partial charge in [0.2, 0.25) is 0 Å². The van der Waals surface area contributed by atoms with Crippen LogP contribution in [0.1, 0.15) is 11.6 Å². The van der Waals surface area contributed by atoms with E-state index in [0.717, 1.165) is 42.0 Å². The molecular formula is C14H23BrN4O. The molecule has 1 atom stereocenters. The number of nitrogens with one attached hydrogen (secondary N) is 1. The lowest BCUT2D eigenvalue weighted by Gasteiger charge is -2.35. The van der Waals surface area contributed by atoms with Gasteiger partial charge in [0.15, 0.2) is 0 Å². The van der Waals surface area contributed by atoms with Crippen molar-refractivity contribution >= 4 is 15.9 Å². The molecule has 0 saturated carbocycles. The summed E-state index contributed by atoms with van der Waals surface area (Å²) in [6, 6.07) is 6.07. The highest BCUT2D eigenvalue weighted by molar-refractivity contribution is 9.10. The SMILES string of the molecule is COc1ccc(Br)cc1C(CN)NN1CCN(C)CC1. The zero-order chi connectivity index (χ0) is 14.5. The second kappa shape index (κ2) is 7.38. The van der Waals surface area contributed by atoms with Crippen molar-refractivity contribution in [3.63, 3.8) is 0 Å². The number of hydrazine groups is 1. The molecule has 6 heteroatoms. The van der Waals surface area contributed by atoms with Gasteiger partial charge in [-0.25, -0.2) is 10.4 Å². The Morgan fingerprint density at radius 1 is 1.35 bits per heavy atom. The monoisotopic (exact) mass is 342 g/mol. The fraction of sp³-hybridized carbons (Fsp3) is 0.571. The van der Waals surface area contributed by atoms with Crippen molar-refractivity contribution in [1.82, 2.24) is 15.3 Å². The molecule has 1 aromatic carbocycles. The van der Waals surface area contributed by atoms with Gasteiger partial charge in [-0.15, -0.1) is 0 Å². The van der Waals surface area contributed by atoms with Crippen LogP contribution in [0.15, 0.2) is 22.7 Å². The number of nitrogens with zero attached hydrogens (tertiary/aromatic N) is 2. The summed E-state index contributed by atoms with van der Waals surface area (Å²) in [6.07, 6.45) is 0. The van der Waals surface area contributed by atoms with Gasteiger partial charge in [0, 0.05) is 42.8 Å². The van der Waals surface area contributed by atoms with Gasteiger partial charge in [0.25, 0.3) is 0 Å². The molecule has 0 aromatic heterocycles. The maximum Gasteiger partial charge on any atom is 0.123 e. The predicted molar refractivity (Wildman–Crippen MR) is 84.7 cm³/mol. The van der Waals surface area contributed by atoms with Crippen molar-refractivity contribution in [2.24, 2.45) is 5.73 Å². The second-order valence-corrected chi connectivity index (χ2v) is 6.01. The third kappa shape index (κ3) is 3.93. The molecule has 1 heterocycles. The Hall–Kier alpha value is -0.660. The Morgan fingerprint density at radius 3 is 2.65 bits per heavy atom. The maximum absolute atomic E-state index is 5.95. The molecule has 1 aliphatic rings.